The van der Waals surface area contributed by atoms with Crippen molar-refractivity contribution in [3.8, 4) is 0 Å². The normalized spacial score (nSPS) is 48.0. The molecule has 1 unspecified atom stereocenters. The monoisotopic (exact) mass is 1330 g/mol. The third-order valence-corrected chi connectivity index (χ3v) is 16.6. The first-order valence-corrected chi connectivity index (χ1v) is 28.9. The van der Waals surface area contributed by atoms with E-state index in [2.05, 4.69) is 16.0 Å². The number of amides is 3. The summed E-state index contributed by atoms with van der Waals surface area (Å²) in [5.41, 5.74) is 0. The molecule has 7 rings (SSSR count). The molecule has 7 heterocycles. The van der Waals surface area contributed by atoms with Crippen LogP contribution in [0.5, 0.6) is 0 Å². The first kappa shape index (κ1) is 75.0. The average molecular weight is 1330 g/mol. The first-order valence-electron chi connectivity index (χ1n) is 28.9. The third kappa shape index (κ3) is 16.5. The maximum absolute atomic E-state index is 13.2. The lowest BCUT2D eigenvalue weighted by Crippen LogP contribution is -2.71. The molecule has 0 aromatic rings. The van der Waals surface area contributed by atoms with Crippen LogP contribution in [0.2, 0.25) is 0 Å². The van der Waals surface area contributed by atoms with Gasteiger partial charge in [-0.25, -0.2) is 4.79 Å². The number of ether oxygens (including phenoxy) is 13. The number of rotatable bonds is 23. The maximum Gasteiger partial charge on any atom is 0.364 e. The van der Waals surface area contributed by atoms with Crippen LogP contribution in [0, 0.1) is 0 Å². The van der Waals surface area contributed by atoms with Crippen molar-refractivity contribution in [3.63, 3.8) is 0 Å². The molecule has 23 N–H and O–H groups in total. The van der Waals surface area contributed by atoms with Crippen LogP contribution in [-0.4, -0.2) is 379 Å². The SMILES string of the molecule is CC(=O)N[C@H]1[C@H](OC[C@H]2O[C@@H](O[C@H]3[C@@H](O)[C@@H](CO[C@]4(C(=O)O)C[C@H](O)[C@@H](NC(C)=O)[C@H]([C@H](O)[C@H](O)CO)O4)OC(O)[C@@H]3NC(C)=O)[C@H](O[C@@H]3O[C@@H](C)[C@@H](O)[C@@H](O)[C@@H]3O)[C@@H](O[C@@H]3O[C@H](CO)[C@H](O)[C@H](O)[C@H]3O[C@@H]3O[C@@H](C)[C@@H](O)[C@@H](O)[C@@H]3O)[C@H]2O)O[C@H](CO)[C@@H](O)[C@@H]1O. The number of carbonyl (C=O) groups is 4. The van der Waals surface area contributed by atoms with E-state index in [0.717, 1.165) is 20.8 Å². The van der Waals surface area contributed by atoms with Gasteiger partial charge in [0.2, 0.25) is 17.7 Å². The van der Waals surface area contributed by atoms with Gasteiger partial charge in [0.1, 0.15) is 152 Å². The van der Waals surface area contributed by atoms with Crippen molar-refractivity contribution in [2.24, 2.45) is 0 Å². The number of aliphatic carboxylic acids is 1. The third-order valence-electron chi connectivity index (χ3n) is 16.6. The molecular formula is C51H85N3O37. The minimum Gasteiger partial charge on any atom is -0.477 e. The zero-order valence-corrected chi connectivity index (χ0v) is 49.3. The molecule has 7 aliphatic rings. The van der Waals surface area contributed by atoms with Gasteiger partial charge in [0, 0.05) is 27.2 Å². The van der Waals surface area contributed by atoms with E-state index in [0.29, 0.717) is 0 Å². The molecule has 0 saturated carbocycles. The summed E-state index contributed by atoms with van der Waals surface area (Å²) in [6, 6.07) is -5.34. The van der Waals surface area contributed by atoms with E-state index in [1.807, 2.05) is 0 Å². The van der Waals surface area contributed by atoms with Crippen LogP contribution < -0.4 is 16.0 Å². The van der Waals surface area contributed by atoms with Crippen LogP contribution in [0.3, 0.4) is 0 Å². The van der Waals surface area contributed by atoms with Gasteiger partial charge in [-0.3, -0.25) is 14.4 Å². The lowest BCUT2D eigenvalue weighted by molar-refractivity contribution is -0.411. The summed E-state index contributed by atoms with van der Waals surface area (Å²) in [6.07, 6.45) is -67.0. The Morgan fingerprint density at radius 2 is 0.923 bits per heavy atom. The van der Waals surface area contributed by atoms with Crippen molar-refractivity contribution in [1.82, 2.24) is 16.0 Å². The number of carboxylic acids is 1. The van der Waals surface area contributed by atoms with Gasteiger partial charge in [0.25, 0.3) is 5.79 Å². The maximum atomic E-state index is 13.2. The molecule has 7 saturated heterocycles. The number of hydrogen-bond donors (Lipinski definition) is 23. The fourth-order valence-corrected chi connectivity index (χ4v) is 11.5. The lowest BCUT2D eigenvalue weighted by atomic mass is 9.88. The quantitative estimate of drug-likeness (QED) is 0.0452. The second-order valence-corrected chi connectivity index (χ2v) is 23.2. The fraction of sp³-hybridized carbons (Fsp3) is 0.922. The molecule has 0 aromatic heterocycles. The summed E-state index contributed by atoms with van der Waals surface area (Å²) in [7, 11) is 0. The van der Waals surface area contributed by atoms with Crippen LogP contribution in [0.4, 0.5) is 0 Å². The van der Waals surface area contributed by atoms with E-state index in [9.17, 15) is 121 Å². The van der Waals surface area contributed by atoms with E-state index in [1.165, 1.54) is 13.8 Å². The van der Waals surface area contributed by atoms with Crippen molar-refractivity contribution in [1.29, 1.82) is 0 Å². The highest BCUT2D eigenvalue weighted by Gasteiger charge is 2.61. The minimum atomic E-state index is -3.11. The van der Waals surface area contributed by atoms with Crippen molar-refractivity contribution in [3.05, 3.63) is 0 Å². The number of aliphatic hydroxyl groups excluding tert-OH is 19. The van der Waals surface area contributed by atoms with Crippen LogP contribution in [0.1, 0.15) is 41.0 Å². The van der Waals surface area contributed by atoms with Crippen molar-refractivity contribution < 1.29 is 183 Å². The molecule has 0 radical (unpaired) electrons. The van der Waals surface area contributed by atoms with Crippen molar-refractivity contribution in [2.75, 3.05) is 33.0 Å². The highest BCUT2D eigenvalue weighted by Crippen LogP contribution is 2.40. The Balaban J connectivity index is 1.33. The molecule has 40 nitrogen and oxygen atoms in total. The highest BCUT2D eigenvalue weighted by atomic mass is 16.8. The zero-order chi connectivity index (χ0) is 67.6. The molecule has 0 bridgehead atoms. The topological polar surface area (TPSA) is 629 Å². The molecule has 0 aromatic carbocycles. The summed E-state index contributed by atoms with van der Waals surface area (Å²) >= 11 is 0. The summed E-state index contributed by atoms with van der Waals surface area (Å²) in [5, 5.41) is 227. The lowest BCUT2D eigenvalue weighted by Gasteiger charge is -2.52. The van der Waals surface area contributed by atoms with Crippen LogP contribution in [0.15, 0.2) is 0 Å². The van der Waals surface area contributed by atoms with E-state index >= 15 is 0 Å². The van der Waals surface area contributed by atoms with Gasteiger partial charge in [-0.15, -0.1) is 0 Å². The van der Waals surface area contributed by atoms with Crippen LogP contribution >= 0.6 is 0 Å². The molecule has 7 aliphatic heterocycles. The van der Waals surface area contributed by atoms with E-state index in [4.69, 9.17) is 61.6 Å². The zero-order valence-electron chi connectivity index (χ0n) is 49.3. The first-order chi connectivity index (χ1) is 42.7. The Bertz CT molecular complexity index is 2380. The minimum absolute atomic E-state index is 0.817. The van der Waals surface area contributed by atoms with E-state index < -0.39 is 284 Å². The van der Waals surface area contributed by atoms with Gasteiger partial charge < -0.3 is 180 Å². The summed E-state index contributed by atoms with van der Waals surface area (Å²) in [4.78, 5) is 50.7. The summed E-state index contributed by atoms with van der Waals surface area (Å²) < 4.78 is 77.1. The standard InChI is InChI=1S/C51H85N3O37/c1-12-26(63)34(71)37(74)46(81-12)89-42-36(73)30(67)20(9-57)85-48(42)88-41-32(69)21(10-79-45-24(53-15(4)59)33(70)29(66)19(8-56)84-45)86-49(43(41)90-47-38(75)35(72)27(64)13(2)82-47)87-39-25(54-16(5)60)44(76)83-22(31(39)68)11-80-51(50(77)78)6-17(61)23(52-14(3)58)40(91-51)28(65)18(62)7-55/h12-13,17-49,55-57,61-76H,6-11H2,1-5H3,(H,52,58)(H,53,59)(H,54,60)(H,77,78)/t12-,13-,17-,18+,19+,20+,21+,22+,23+,24+,25+,26+,27+,28+,29+,30-,31-,32-,33+,34+,35+,36-,37-,38-,39+,40+,41-,42+,43+,44?,45+,46-,47-,48-,49-,51+/m0/s1. The number of aliphatic hydroxyl groups is 19. The van der Waals surface area contributed by atoms with Gasteiger partial charge in [-0.05, 0) is 13.8 Å². The molecule has 526 valence electrons. The Labute approximate surface area is 516 Å². The molecule has 36 atom stereocenters. The van der Waals surface area contributed by atoms with Gasteiger partial charge in [-0.1, -0.05) is 0 Å². The molecule has 3 amide bonds. The smallest absolute Gasteiger partial charge is 0.364 e. The largest absolute Gasteiger partial charge is 0.477 e. The van der Waals surface area contributed by atoms with Crippen molar-refractivity contribution >= 4 is 23.7 Å². The Hall–Kier alpha value is -3.40. The van der Waals surface area contributed by atoms with Gasteiger partial charge >= 0.3 is 5.97 Å². The van der Waals surface area contributed by atoms with Crippen LogP contribution in [-0.2, 0) is 80.8 Å². The highest BCUT2D eigenvalue weighted by molar-refractivity contribution is 5.77. The summed E-state index contributed by atoms with van der Waals surface area (Å²) in [5.74, 6) is -7.78. The molecule has 40 heteroatoms. The van der Waals surface area contributed by atoms with Gasteiger partial charge in [0.15, 0.2) is 37.7 Å². The van der Waals surface area contributed by atoms with Gasteiger partial charge in [-0.2, -0.15) is 0 Å². The Morgan fingerprint density at radius 3 is 1.45 bits per heavy atom. The average Bonchev–Trinajstić information content (AvgIpc) is 0.815. The van der Waals surface area contributed by atoms with E-state index in [1.54, 1.807) is 0 Å². The second-order valence-electron chi connectivity index (χ2n) is 23.2. The Morgan fingerprint density at radius 1 is 0.473 bits per heavy atom. The fourth-order valence-electron chi connectivity index (χ4n) is 11.5. The number of hydrogen-bond acceptors (Lipinski definition) is 36. The predicted octanol–water partition coefficient (Wildman–Crippen LogP) is -14.6. The second kappa shape index (κ2) is 31.6. The molecular weight excluding hydrogens is 1250 g/mol. The molecule has 0 aliphatic carbocycles. The molecule has 0 spiro atoms. The number of nitrogens with one attached hydrogen (secondary N) is 3. The number of carbonyl (C=O) groups excluding carboxylic acids is 3. The van der Waals surface area contributed by atoms with E-state index in [-0.39, 0.29) is 0 Å². The molecule has 91 heavy (non-hydrogen) atoms. The predicted molar refractivity (Wildman–Crippen MR) is 281 cm³/mol. The van der Waals surface area contributed by atoms with Crippen LogP contribution in [0.25, 0.3) is 0 Å². The Kier molecular flexibility index (Phi) is 26.1. The number of carboxylic acid groups (broad SMARTS) is 1. The molecule has 7 fully saturated rings. The van der Waals surface area contributed by atoms with Gasteiger partial charge in [0.05, 0.1) is 57.4 Å². The van der Waals surface area contributed by atoms with Crippen molar-refractivity contribution in [2.45, 2.75) is 261 Å². The summed E-state index contributed by atoms with van der Waals surface area (Å²) in [6.45, 7) is -0.126.